The number of carbonyl (C=O) groups excluding carboxylic acids is 2. The molecule has 156 valence electrons. The van der Waals surface area contributed by atoms with E-state index in [2.05, 4.69) is 0 Å². The van der Waals surface area contributed by atoms with Crippen molar-refractivity contribution in [3.8, 4) is 22.3 Å². The van der Waals surface area contributed by atoms with Gasteiger partial charge in [0.15, 0.2) is 0 Å². The van der Waals surface area contributed by atoms with E-state index in [9.17, 15) is 19.5 Å². The lowest BCUT2D eigenvalue weighted by Crippen LogP contribution is -2.52. The van der Waals surface area contributed by atoms with Crippen molar-refractivity contribution < 1.29 is 19.5 Å². The fraction of sp³-hybridized carbons (Fsp3) is 0.192. The SMILES string of the molecule is CC(C)(C)[C@@H](C(=O)O)N1C(=O)c2c(-c3ccccc3)ccc(-c3ccccc3)c2C1=O. The number of carbonyl (C=O) groups is 3. The third-order valence-electron chi connectivity index (χ3n) is 5.55. The number of hydrogen-bond acceptors (Lipinski definition) is 3. The summed E-state index contributed by atoms with van der Waals surface area (Å²) < 4.78 is 0. The molecule has 0 saturated carbocycles. The molecule has 5 heteroatoms. The van der Waals surface area contributed by atoms with Crippen LogP contribution in [0, 0.1) is 5.41 Å². The number of benzene rings is 3. The first kappa shape index (κ1) is 20.5. The molecule has 1 heterocycles. The number of fused-ring (bicyclic) bond motifs is 1. The van der Waals surface area contributed by atoms with Gasteiger partial charge in [-0.15, -0.1) is 0 Å². The molecule has 0 aliphatic carbocycles. The molecule has 0 spiro atoms. The van der Waals surface area contributed by atoms with E-state index in [0.717, 1.165) is 16.0 Å². The Hall–Kier alpha value is -3.73. The fourth-order valence-electron chi connectivity index (χ4n) is 4.20. The third-order valence-corrected chi connectivity index (χ3v) is 5.55. The van der Waals surface area contributed by atoms with Gasteiger partial charge in [-0.25, -0.2) is 4.79 Å². The molecule has 0 bridgehead atoms. The molecule has 0 saturated heterocycles. The normalized spacial score (nSPS) is 14.5. The largest absolute Gasteiger partial charge is 0.480 e. The minimum absolute atomic E-state index is 0.257. The van der Waals surface area contributed by atoms with Crippen LogP contribution in [0.15, 0.2) is 72.8 Å². The van der Waals surface area contributed by atoms with Crippen molar-refractivity contribution in [1.29, 1.82) is 0 Å². The summed E-state index contributed by atoms with van der Waals surface area (Å²) >= 11 is 0. The Morgan fingerprint density at radius 1 is 0.742 bits per heavy atom. The number of rotatable bonds is 4. The molecule has 1 aliphatic rings. The summed E-state index contributed by atoms with van der Waals surface area (Å²) in [5.41, 5.74) is 2.51. The average Bonchev–Trinajstić information content (AvgIpc) is 2.99. The second kappa shape index (κ2) is 7.51. The zero-order valence-corrected chi connectivity index (χ0v) is 17.6. The third kappa shape index (κ3) is 3.42. The van der Waals surface area contributed by atoms with Crippen LogP contribution in [0.1, 0.15) is 41.5 Å². The first-order valence-electron chi connectivity index (χ1n) is 10.1. The Kier molecular flexibility index (Phi) is 4.97. The molecular weight excluding hydrogens is 390 g/mol. The van der Waals surface area contributed by atoms with Crippen LogP contribution in [-0.4, -0.2) is 33.8 Å². The van der Waals surface area contributed by atoms with Gasteiger partial charge >= 0.3 is 5.97 Å². The minimum atomic E-state index is -1.29. The van der Waals surface area contributed by atoms with Gasteiger partial charge in [0.05, 0.1) is 11.1 Å². The van der Waals surface area contributed by atoms with Gasteiger partial charge in [0.1, 0.15) is 6.04 Å². The summed E-state index contributed by atoms with van der Waals surface area (Å²) in [6.45, 7) is 5.14. The molecule has 2 amide bonds. The number of hydrogen-bond donors (Lipinski definition) is 1. The molecule has 1 aliphatic heterocycles. The van der Waals surface area contributed by atoms with Gasteiger partial charge in [0, 0.05) is 0 Å². The van der Waals surface area contributed by atoms with Crippen LogP contribution in [0.3, 0.4) is 0 Å². The van der Waals surface area contributed by atoms with Crippen LogP contribution in [0.25, 0.3) is 22.3 Å². The molecule has 1 N–H and O–H groups in total. The highest BCUT2D eigenvalue weighted by Gasteiger charge is 2.49. The Morgan fingerprint density at radius 2 is 1.13 bits per heavy atom. The predicted octanol–water partition coefficient (Wildman–Crippen LogP) is 5.12. The Balaban J connectivity index is 2.00. The quantitative estimate of drug-likeness (QED) is 0.603. The van der Waals surface area contributed by atoms with Gasteiger partial charge in [-0.1, -0.05) is 93.6 Å². The van der Waals surface area contributed by atoms with E-state index >= 15 is 0 Å². The highest BCUT2D eigenvalue weighted by atomic mass is 16.4. The lowest BCUT2D eigenvalue weighted by molar-refractivity contribution is -0.145. The summed E-state index contributed by atoms with van der Waals surface area (Å²) in [5, 5.41) is 9.91. The predicted molar refractivity (Wildman–Crippen MR) is 119 cm³/mol. The molecule has 0 unspecified atom stereocenters. The van der Waals surface area contributed by atoms with Crippen LogP contribution in [0.5, 0.6) is 0 Å². The summed E-state index contributed by atoms with van der Waals surface area (Å²) in [4.78, 5) is 40.3. The first-order chi connectivity index (χ1) is 14.7. The summed E-state index contributed by atoms with van der Waals surface area (Å²) in [6, 6.07) is 21.1. The number of amides is 2. The molecular formula is C26H23NO4. The molecule has 3 aromatic rings. The van der Waals surface area contributed by atoms with Crippen LogP contribution >= 0.6 is 0 Å². The molecule has 0 radical (unpaired) electrons. The lowest BCUT2D eigenvalue weighted by atomic mass is 9.85. The monoisotopic (exact) mass is 413 g/mol. The molecule has 1 atom stereocenters. The van der Waals surface area contributed by atoms with E-state index in [0.29, 0.717) is 11.1 Å². The number of nitrogens with zero attached hydrogens (tertiary/aromatic N) is 1. The van der Waals surface area contributed by atoms with Gasteiger partial charge in [-0.05, 0) is 27.7 Å². The standard InChI is InChI=1S/C26H23NO4/c1-26(2,3)22(25(30)31)27-23(28)20-18(16-10-6-4-7-11-16)14-15-19(21(20)24(27)29)17-12-8-5-9-13-17/h4-15,22H,1-3H3,(H,30,31)/t22-/m1/s1. The zero-order chi connectivity index (χ0) is 22.3. The highest BCUT2D eigenvalue weighted by molar-refractivity contribution is 6.27. The van der Waals surface area contributed by atoms with Crippen molar-refractivity contribution in [2.24, 2.45) is 5.41 Å². The van der Waals surface area contributed by atoms with Gasteiger partial charge in [-0.2, -0.15) is 0 Å². The molecule has 4 rings (SSSR count). The van der Waals surface area contributed by atoms with Gasteiger partial charge in [-0.3, -0.25) is 14.5 Å². The van der Waals surface area contributed by atoms with E-state index < -0.39 is 29.2 Å². The molecule has 5 nitrogen and oxygen atoms in total. The minimum Gasteiger partial charge on any atom is -0.480 e. The second-order valence-electron chi connectivity index (χ2n) is 8.73. The van der Waals surface area contributed by atoms with Crippen molar-refractivity contribution in [1.82, 2.24) is 4.90 Å². The maximum atomic E-state index is 13.6. The average molecular weight is 413 g/mol. The van der Waals surface area contributed by atoms with Crippen LogP contribution in [-0.2, 0) is 4.79 Å². The van der Waals surface area contributed by atoms with Gasteiger partial charge in [0.2, 0.25) is 0 Å². The highest BCUT2D eigenvalue weighted by Crippen LogP contribution is 2.41. The van der Waals surface area contributed by atoms with E-state index in [-0.39, 0.29) is 11.1 Å². The van der Waals surface area contributed by atoms with Crippen LogP contribution in [0.2, 0.25) is 0 Å². The maximum Gasteiger partial charge on any atom is 0.327 e. The smallest absolute Gasteiger partial charge is 0.327 e. The summed E-state index contributed by atoms with van der Waals surface area (Å²) in [7, 11) is 0. The Labute approximate surface area is 180 Å². The van der Waals surface area contributed by atoms with Crippen molar-refractivity contribution in [3.63, 3.8) is 0 Å². The van der Waals surface area contributed by atoms with Gasteiger partial charge in [0.25, 0.3) is 11.8 Å². The molecule has 31 heavy (non-hydrogen) atoms. The number of imide groups is 1. The van der Waals surface area contributed by atoms with Crippen LogP contribution in [0.4, 0.5) is 0 Å². The van der Waals surface area contributed by atoms with E-state index in [1.54, 1.807) is 20.8 Å². The Bertz CT molecular complexity index is 1100. The van der Waals surface area contributed by atoms with E-state index in [1.807, 2.05) is 72.8 Å². The number of carboxylic acids is 1. The van der Waals surface area contributed by atoms with E-state index in [1.165, 1.54) is 0 Å². The Morgan fingerprint density at radius 3 is 1.45 bits per heavy atom. The fourth-order valence-corrected chi connectivity index (χ4v) is 4.20. The second-order valence-corrected chi connectivity index (χ2v) is 8.73. The van der Waals surface area contributed by atoms with Crippen molar-refractivity contribution in [2.75, 3.05) is 0 Å². The van der Waals surface area contributed by atoms with Gasteiger partial charge < -0.3 is 5.11 Å². The molecule has 0 aromatic heterocycles. The lowest BCUT2D eigenvalue weighted by Gasteiger charge is -2.33. The zero-order valence-electron chi connectivity index (χ0n) is 17.6. The summed E-state index contributed by atoms with van der Waals surface area (Å²) in [5.74, 6) is -2.34. The molecule has 0 fully saturated rings. The number of carboxylic acid groups (broad SMARTS) is 1. The number of aliphatic carboxylic acids is 1. The van der Waals surface area contributed by atoms with Crippen molar-refractivity contribution in [2.45, 2.75) is 26.8 Å². The topological polar surface area (TPSA) is 74.7 Å². The van der Waals surface area contributed by atoms with Crippen molar-refractivity contribution in [3.05, 3.63) is 83.9 Å². The van der Waals surface area contributed by atoms with E-state index in [4.69, 9.17) is 0 Å². The van der Waals surface area contributed by atoms with Crippen molar-refractivity contribution >= 4 is 17.8 Å². The molecule has 3 aromatic carbocycles. The maximum absolute atomic E-state index is 13.6. The first-order valence-corrected chi connectivity index (χ1v) is 10.1. The van der Waals surface area contributed by atoms with Crippen LogP contribution < -0.4 is 0 Å². The summed E-state index contributed by atoms with van der Waals surface area (Å²) in [6.07, 6.45) is 0.